The molecule has 0 saturated carbocycles. The monoisotopic (exact) mass is 241 g/mol. The highest BCUT2D eigenvalue weighted by Gasteiger charge is 2.25. The van der Waals surface area contributed by atoms with Gasteiger partial charge >= 0.3 is 0 Å². The molecule has 18 heavy (non-hydrogen) atoms. The first-order chi connectivity index (χ1) is 8.90. The maximum Gasteiger partial charge on any atom is 0.0957 e. The van der Waals surface area contributed by atoms with Gasteiger partial charge in [-0.1, -0.05) is 18.2 Å². The summed E-state index contributed by atoms with van der Waals surface area (Å²) in [4.78, 5) is 8.49. The molecule has 1 aliphatic rings. The lowest BCUT2D eigenvalue weighted by Gasteiger charge is -2.10. The standard InChI is InChI=1S/C14H15N3O/c1-15-8-14-11-4-2-3-10(12(11)9-18-14)13-7-16-5-6-17-13/h2-7,14-15H,8-9H2,1H3. The van der Waals surface area contributed by atoms with E-state index in [9.17, 15) is 0 Å². The zero-order valence-electron chi connectivity index (χ0n) is 10.3. The van der Waals surface area contributed by atoms with Crippen LogP contribution in [0.3, 0.4) is 0 Å². The predicted molar refractivity (Wildman–Crippen MR) is 68.9 cm³/mol. The van der Waals surface area contributed by atoms with Crippen LogP contribution in [0.5, 0.6) is 0 Å². The topological polar surface area (TPSA) is 47.0 Å². The molecule has 1 unspecified atom stereocenters. The molecule has 4 nitrogen and oxygen atoms in total. The van der Waals surface area contributed by atoms with E-state index in [1.54, 1.807) is 18.6 Å². The Kier molecular flexibility index (Phi) is 3.04. The van der Waals surface area contributed by atoms with Crippen LogP contribution in [-0.4, -0.2) is 23.6 Å². The van der Waals surface area contributed by atoms with Crippen molar-refractivity contribution in [2.24, 2.45) is 0 Å². The number of benzene rings is 1. The molecule has 0 radical (unpaired) electrons. The molecule has 0 saturated heterocycles. The van der Waals surface area contributed by atoms with Gasteiger partial charge in [0.2, 0.25) is 0 Å². The van der Waals surface area contributed by atoms with E-state index in [2.05, 4.69) is 33.5 Å². The maximum absolute atomic E-state index is 5.82. The molecular weight excluding hydrogens is 226 g/mol. The first-order valence-corrected chi connectivity index (χ1v) is 6.04. The van der Waals surface area contributed by atoms with Gasteiger partial charge in [-0.05, 0) is 18.2 Å². The fraction of sp³-hybridized carbons (Fsp3) is 0.286. The Labute approximate surface area is 106 Å². The van der Waals surface area contributed by atoms with Crippen LogP contribution in [0.4, 0.5) is 0 Å². The summed E-state index contributed by atoms with van der Waals surface area (Å²) in [5, 5.41) is 3.16. The van der Waals surface area contributed by atoms with E-state index in [1.807, 2.05) is 7.05 Å². The fourth-order valence-electron chi connectivity index (χ4n) is 2.37. The largest absolute Gasteiger partial charge is 0.367 e. The van der Waals surface area contributed by atoms with Crippen molar-refractivity contribution in [3.8, 4) is 11.3 Å². The summed E-state index contributed by atoms with van der Waals surface area (Å²) in [5.74, 6) is 0. The highest BCUT2D eigenvalue weighted by atomic mass is 16.5. The molecule has 0 bridgehead atoms. The molecule has 1 atom stereocenters. The molecule has 0 amide bonds. The van der Waals surface area contributed by atoms with Crippen LogP contribution in [0.1, 0.15) is 17.2 Å². The summed E-state index contributed by atoms with van der Waals surface area (Å²) in [5.41, 5.74) is 4.52. The van der Waals surface area contributed by atoms with Gasteiger partial charge in [-0.25, -0.2) is 0 Å². The number of nitrogens with one attached hydrogen (secondary N) is 1. The van der Waals surface area contributed by atoms with Gasteiger partial charge in [0.15, 0.2) is 0 Å². The van der Waals surface area contributed by atoms with Crippen molar-refractivity contribution >= 4 is 0 Å². The Bertz CT molecular complexity index is 542. The molecule has 92 valence electrons. The molecule has 1 aromatic heterocycles. The molecule has 2 aromatic rings. The molecule has 3 rings (SSSR count). The summed E-state index contributed by atoms with van der Waals surface area (Å²) >= 11 is 0. The van der Waals surface area contributed by atoms with Crippen LogP contribution >= 0.6 is 0 Å². The van der Waals surface area contributed by atoms with Crippen molar-refractivity contribution in [1.82, 2.24) is 15.3 Å². The highest BCUT2D eigenvalue weighted by molar-refractivity contribution is 5.65. The van der Waals surface area contributed by atoms with Crippen molar-refractivity contribution in [2.75, 3.05) is 13.6 Å². The Hall–Kier alpha value is -1.78. The lowest BCUT2D eigenvalue weighted by atomic mass is 9.98. The average Bonchev–Trinajstić information content (AvgIpc) is 2.84. The Balaban J connectivity index is 2.04. The van der Waals surface area contributed by atoms with Gasteiger partial charge in [-0.3, -0.25) is 9.97 Å². The van der Waals surface area contributed by atoms with Gasteiger partial charge in [0.25, 0.3) is 0 Å². The van der Waals surface area contributed by atoms with Gasteiger partial charge in [-0.15, -0.1) is 0 Å². The smallest absolute Gasteiger partial charge is 0.0957 e. The van der Waals surface area contributed by atoms with E-state index >= 15 is 0 Å². The van der Waals surface area contributed by atoms with E-state index in [0.717, 1.165) is 17.8 Å². The molecule has 0 aliphatic carbocycles. The van der Waals surface area contributed by atoms with Crippen molar-refractivity contribution in [3.05, 3.63) is 47.9 Å². The van der Waals surface area contributed by atoms with Crippen LogP contribution in [0.15, 0.2) is 36.8 Å². The molecule has 1 N–H and O–H groups in total. The molecule has 2 heterocycles. The zero-order valence-corrected chi connectivity index (χ0v) is 10.3. The summed E-state index contributed by atoms with van der Waals surface area (Å²) in [7, 11) is 1.94. The van der Waals surface area contributed by atoms with Crippen LogP contribution in [0.25, 0.3) is 11.3 Å². The summed E-state index contributed by atoms with van der Waals surface area (Å²) < 4.78 is 5.82. The van der Waals surface area contributed by atoms with Gasteiger partial charge in [-0.2, -0.15) is 0 Å². The average molecular weight is 241 g/mol. The fourth-order valence-corrected chi connectivity index (χ4v) is 2.37. The second kappa shape index (κ2) is 4.84. The Morgan fingerprint density at radius 3 is 3.11 bits per heavy atom. The quantitative estimate of drug-likeness (QED) is 0.892. The SMILES string of the molecule is CNCC1OCc2c(-c3cnccn3)cccc21. The van der Waals surface area contributed by atoms with Crippen LogP contribution in [0.2, 0.25) is 0 Å². The number of aromatic nitrogens is 2. The van der Waals surface area contributed by atoms with Gasteiger partial charge in [0.1, 0.15) is 0 Å². The second-order valence-electron chi connectivity index (χ2n) is 4.32. The Morgan fingerprint density at radius 1 is 1.39 bits per heavy atom. The maximum atomic E-state index is 5.82. The summed E-state index contributed by atoms with van der Waals surface area (Å²) in [6.07, 6.45) is 5.34. The number of rotatable bonds is 3. The highest BCUT2D eigenvalue weighted by Crippen LogP contribution is 2.35. The minimum absolute atomic E-state index is 0.140. The number of fused-ring (bicyclic) bond motifs is 1. The zero-order chi connectivity index (χ0) is 12.4. The third-order valence-electron chi connectivity index (χ3n) is 3.22. The van der Waals surface area contributed by atoms with E-state index in [-0.39, 0.29) is 6.10 Å². The van der Waals surface area contributed by atoms with Crippen LogP contribution < -0.4 is 5.32 Å². The summed E-state index contributed by atoms with van der Waals surface area (Å²) in [6.45, 7) is 1.48. The summed E-state index contributed by atoms with van der Waals surface area (Å²) in [6, 6.07) is 6.26. The first-order valence-electron chi connectivity index (χ1n) is 6.04. The van der Waals surface area contributed by atoms with E-state index in [1.165, 1.54) is 11.1 Å². The van der Waals surface area contributed by atoms with Gasteiger partial charge in [0, 0.05) is 24.5 Å². The number of likely N-dealkylation sites (N-methyl/N-ethyl adjacent to an activating group) is 1. The molecular formula is C14H15N3O. The predicted octanol–water partition coefficient (Wildman–Crippen LogP) is 1.93. The van der Waals surface area contributed by atoms with Crippen LogP contribution in [-0.2, 0) is 11.3 Å². The second-order valence-corrected chi connectivity index (χ2v) is 4.32. The van der Waals surface area contributed by atoms with E-state index < -0.39 is 0 Å². The normalized spacial score (nSPS) is 17.7. The lowest BCUT2D eigenvalue weighted by Crippen LogP contribution is -2.16. The molecule has 1 aliphatic heterocycles. The number of hydrogen-bond acceptors (Lipinski definition) is 4. The van der Waals surface area contributed by atoms with Gasteiger partial charge < -0.3 is 10.1 Å². The third-order valence-corrected chi connectivity index (χ3v) is 3.22. The minimum Gasteiger partial charge on any atom is -0.367 e. The number of hydrogen-bond donors (Lipinski definition) is 1. The lowest BCUT2D eigenvalue weighted by molar-refractivity contribution is 0.0675. The molecule has 0 fully saturated rings. The van der Waals surface area contributed by atoms with Crippen molar-refractivity contribution < 1.29 is 4.74 Å². The Morgan fingerprint density at radius 2 is 2.33 bits per heavy atom. The van der Waals surface area contributed by atoms with Crippen molar-refractivity contribution in [2.45, 2.75) is 12.7 Å². The van der Waals surface area contributed by atoms with E-state index in [0.29, 0.717) is 6.61 Å². The molecule has 4 heteroatoms. The van der Waals surface area contributed by atoms with E-state index in [4.69, 9.17) is 4.74 Å². The molecule has 1 aromatic carbocycles. The number of ether oxygens (including phenoxy) is 1. The minimum atomic E-state index is 0.140. The molecule has 0 spiro atoms. The van der Waals surface area contributed by atoms with Crippen molar-refractivity contribution in [3.63, 3.8) is 0 Å². The van der Waals surface area contributed by atoms with Crippen LogP contribution in [0, 0.1) is 0 Å². The number of nitrogens with zero attached hydrogens (tertiary/aromatic N) is 2. The first kappa shape index (κ1) is 11.3. The van der Waals surface area contributed by atoms with Gasteiger partial charge in [0.05, 0.1) is 24.6 Å². The van der Waals surface area contributed by atoms with Crippen molar-refractivity contribution in [1.29, 1.82) is 0 Å². The third kappa shape index (κ3) is 1.89.